The predicted molar refractivity (Wildman–Crippen MR) is 103 cm³/mol. The van der Waals surface area contributed by atoms with Gasteiger partial charge >= 0.3 is 5.97 Å². The molecule has 1 aliphatic heterocycles. The third kappa shape index (κ3) is 3.93. The first-order chi connectivity index (χ1) is 13.2. The lowest BCUT2D eigenvalue weighted by molar-refractivity contribution is -0.144. The molecule has 0 amide bonds. The van der Waals surface area contributed by atoms with Crippen LogP contribution in [0.2, 0.25) is 0 Å². The van der Waals surface area contributed by atoms with Crippen LogP contribution in [0.4, 0.5) is 0 Å². The molecule has 1 atom stereocenters. The van der Waals surface area contributed by atoms with Crippen LogP contribution in [0, 0.1) is 0 Å². The molecule has 0 aliphatic carbocycles. The van der Waals surface area contributed by atoms with E-state index in [-0.39, 0.29) is 0 Å². The SMILES string of the molecule is O=C(O)C1Cc2c(ncn2Cc2ccccc2)CN1CCc1ccccc1. The number of nitrogens with zero attached hydrogens (tertiary/aromatic N) is 3. The number of carboxylic acids is 1. The van der Waals surface area contributed by atoms with Crippen molar-refractivity contribution in [1.29, 1.82) is 0 Å². The lowest BCUT2D eigenvalue weighted by Crippen LogP contribution is -2.46. The minimum Gasteiger partial charge on any atom is -0.480 e. The summed E-state index contributed by atoms with van der Waals surface area (Å²) in [5, 5.41) is 9.78. The fourth-order valence-electron chi connectivity index (χ4n) is 3.74. The molecule has 0 bridgehead atoms. The van der Waals surface area contributed by atoms with Gasteiger partial charge in [-0.05, 0) is 17.5 Å². The monoisotopic (exact) mass is 361 g/mol. The minimum absolute atomic E-state index is 0.492. The summed E-state index contributed by atoms with van der Waals surface area (Å²) in [6.45, 7) is 2.02. The highest BCUT2D eigenvalue weighted by molar-refractivity contribution is 5.74. The molecule has 1 aromatic heterocycles. The van der Waals surface area contributed by atoms with E-state index in [4.69, 9.17) is 0 Å². The number of imidazole rings is 1. The Morgan fingerprint density at radius 3 is 2.37 bits per heavy atom. The van der Waals surface area contributed by atoms with E-state index < -0.39 is 12.0 Å². The highest BCUT2D eigenvalue weighted by atomic mass is 16.4. The Labute approximate surface area is 158 Å². The van der Waals surface area contributed by atoms with Crippen LogP contribution in [-0.2, 0) is 30.7 Å². The van der Waals surface area contributed by atoms with E-state index in [2.05, 4.69) is 33.8 Å². The molecule has 0 radical (unpaired) electrons. The lowest BCUT2D eigenvalue weighted by atomic mass is 10.0. The zero-order valence-electron chi connectivity index (χ0n) is 15.2. The molecule has 2 heterocycles. The maximum absolute atomic E-state index is 11.9. The first-order valence-corrected chi connectivity index (χ1v) is 9.28. The molecule has 138 valence electrons. The standard InChI is InChI=1S/C22H23N3O2/c26-22(27)21-13-20-19(15-24(21)12-11-17-7-3-1-4-8-17)23-16-25(20)14-18-9-5-2-6-10-18/h1-10,16,21H,11-15H2,(H,26,27). The van der Waals surface area contributed by atoms with E-state index in [0.717, 1.165) is 24.4 Å². The second-order valence-corrected chi connectivity index (χ2v) is 7.02. The van der Waals surface area contributed by atoms with E-state index >= 15 is 0 Å². The molecule has 0 saturated heterocycles. The fraction of sp³-hybridized carbons (Fsp3) is 0.273. The Kier molecular flexibility index (Phi) is 5.03. The first-order valence-electron chi connectivity index (χ1n) is 9.28. The number of carboxylic acid groups (broad SMARTS) is 1. The van der Waals surface area contributed by atoms with Gasteiger partial charge in [0.2, 0.25) is 0 Å². The average Bonchev–Trinajstić information content (AvgIpc) is 3.09. The number of benzene rings is 2. The maximum atomic E-state index is 11.9. The van der Waals surface area contributed by atoms with Crippen molar-refractivity contribution in [3.05, 3.63) is 89.5 Å². The Hall–Kier alpha value is -2.92. The van der Waals surface area contributed by atoms with E-state index in [1.54, 1.807) is 0 Å². The highest BCUT2D eigenvalue weighted by Crippen LogP contribution is 2.24. The van der Waals surface area contributed by atoms with Gasteiger partial charge in [-0.3, -0.25) is 9.69 Å². The van der Waals surface area contributed by atoms with E-state index in [1.807, 2.05) is 47.6 Å². The zero-order chi connectivity index (χ0) is 18.6. The summed E-state index contributed by atoms with van der Waals surface area (Å²) in [7, 11) is 0. The number of fused-ring (bicyclic) bond motifs is 1. The number of rotatable bonds is 6. The summed E-state index contributed by atoms with van der Waals surface area (Å²) >= 11 is 0. The molecular weight excluding hydrogens is 338 g/mol. The van der Waals surface area contributed by atoms with E-state index in [9.17, 15) is 9.90 Å². The summed E-state index contributed by atoms with van der Waals surface area (Å²) in [4.78, 5) is 18.5. The molecule has 27 heavy (non-hydrogen) atoms. The molecule has 1 N–H and O–H groups in total. The van der Waals surface area contributed by atoms with Crippen molar-refractivity contribution >= 4 is 5.97 Å². The van der Waals surface area contributed by atoms with E-state index in [0.29, 0.717) is 19.5 Å². The van der Waals surface area contributed by atoms with Gasteiger partial charge in [0.05, 0.1) is 12.0 Å². The largest absolute Gasteiger partial charge is 0.480 e. The van der Waals surface area contributed by atoms with Gasteiger partial charge in [0.25, 0.3) is 0 Å². The zero-order valence-corrected chi connectivity index (χ0v) is 15.2. The molecular formula is C22H23N3O2. The van der Waals surface area contributed by atoms with E-state index in [1.165, 1.54) is 11.1 Å². The number of hydrogen-bond acceptors (Lipinski definition) is 3. The fourth-order valence-corrected chi connectivity index (χ4v) is 3.74. The number of carbonyl (C=O) groups is 1. The number of aromatic nitrogens is 2. The van der Waals surface area contributed by atoms with Crippen LogP contribution in [0.1, 0.15) is 22.5 Å². The van der Waals surface area contributed by atoms with Gasteiger partial charge < -0.3 is 9.67 Å². The van der Waals surface area contributed by atoms with Crippen LogP contribution in [0.25, 0.3) is 0 Å². The van der Waals surface area contributed by atoms with Gasteiger partial charge in [-0.15, -0.1) is 0 Å². The normalized spacial score (nSPS) is 16.8. The molecule has 5 nitrogen and oxygen atoms in total. The maximum Gasteiger partial charge on any atom is 0.321 e. The smallest absolute Gasteiger partial charge is 0.321 e. The van der Waals surface area contributed by atoms with Gasteiger partial charge in [0.1, 0.15) is 6.04 Å². The average molecular weight is 361 g/mol. The third-order valence-corrected chi connectivity index (χ3v) is 5.22. The molecule has 3 aromatic rings. The van der Waals surface area contributed by atoms with Crippen molar-refractivity contribution in [2.45, 2.75) is 32.0 Å². The van der Waals surface area contributed by atoms with Crippen molar-refractivity contribution in [2.24, 2.45) is 0 Å². The molecule has 5 heteroatoms. The molecule has 2 aromatic carbocycles. The molecule has 1 aliphatic rings. The van der Waals surface area contributed by atoms with Crippen molar-refractivity contribution in [1.82, 2.24) is 14.5 Å². The van der Waals surface area contributed by atoms with Crippen LogP contribution in [0.15, 0.2) is 67.0 Å². The van der Waals surface area contributed by atoms with Crippen molar-refractivity contribution in [3.63, 3.8) is 0 Å². The highest BCUT2D eigenvalue weighted by Gasteiger charge is 2.33. The topological polar surface area (TPSA) is 58.4 Å². The Morgan fingerprint density at radius 1 is 1.04 bits per heavy atom. The van der Waals surface area contributed by atoms with Gasteiger partial charge in [-0.25, -0.2) is 4.98 Å². The van der Waals surface area contributed by atoms with Gasteiger partial charge in [0.15, 0.2) is 0 Å². The predicted octanol–water partition coefficient (Wildman–Crippen LogP) is 2.99. The van der Waals surface area contributed by atoms with Crippen LogP contribution in [0.5, 0.6) is 0 Å². The first kappa shape index (κ1) is 17.5. The third-order valence-electron chi connectivity index (χ3n) is 5.22. The van der Waals surface area contributed by atoms with Crippen LogP contribution in [-0.4, -0.2) is 38.1 Å². The minimum atomic E-state index is -0.763. The summed E-state index contributed by atoms with van der Waals surface area (Å²) in [5.41, 5.74) is 4.46. The Morgan fingerprint density at radius 2 is 1.70 bits per heavy atom. The molecule has 0 saturated carbocycles. The second-order valence-electron chi connectivity index (χ2n) is 7.02. The van der Waals surface area contributed by atoms with Crippen LogP contribution >= 0.6 is 0 Å². The molecule has 4 rings (SSSR count). The number of aliphatic carboxylic acids is 1. The summed E-state index contributed by atoms with van der Waals surface area (Å²) < 4.78 is 2.09. The van der Waals surface area contributed by atoms with Crippen molar-refractivity contribution < 1.29 is 9.90 Å². The molecule has 0 fully saturated rings. The van der Waals surface area contributed by atoms with Gasteiger partial charge in [-0.1, -0.05) is 60.7 Å². The molecule has 0 spiro atoms. The van der Waals surface area contributed by atoms with Gasteiger partial charge in [-0.2, -0.15) is 0 Å². The second kappa shape index (κ2) is 7.76. The van der Waals surface area contributed by atoms with Crippen LogP contribution < -0.4 is 0 Å². The summed E-state index contributed by atoms with van der Waals surface area (Å²) in [6, 6.07) is 19.9. The lowest BCUT2D eigenvalue weighted by Gasteiger charge is -2.33. The quantitative estimate of drug-likeness (QED) is 0.733. The molecule has 1 unspecified atom stereocenters. The summed E-state index contributed by atoms with van der Waals surface area (Å²) in [6.07, 6.45) is 3.17. The summed E-state index contributed by atoms with van der Waals surface area (Å²) in [5.74, 6) is -0.763. The van der Waals surface area contributed by atoms with Gasteiger partial charge in [0, 0.05) is 31.7 Å². The van der Waals surface area contributed by atoms with Crippen molar-refractivity contribution in [3.8, 4) is 0 Å². The Bertz CT molecular complexity index is 906. The van der Waals surface area contributed by atoms with Crippen LogP contribution in [0.3, 0.4) is 0 Å². The number of hydrogen-bond donors (Lipinski definition) is 1. The Balaban J connectivity index is 1.52. The van der Waals surface area contributed by atoms with Crippen molar-refractivity contribution in [2.75, 3.05) is 6.54 Å².